The highest BCUT2D eigenvalue weighted by Crippen LogP contribution is 2.24. The first-order chi connectivity index (χ1) is 8.58. The van der Waals surface area contributed by atoms with Crippen molar-refractivity contribution in [3.8, 4) is 11.8 Å². The molecule has 6 nitrogen and oxygen atoms in total. The molecule has 0 radical (unpaired) electrons. The minimum Gasteiger partial charge on any atom is -0.488 e. The first-order valence-electron chi connectivity index (χ1n) is 5.51. The fourth-order valence-corrected chi connectivity index (χ4v) is 1.38. The van der Waals surface area contributed by atoms with Gasteiger partial charge in [-0.3, -0.25) is 10.1 Å². The minimum atomic E-state index is -0.599. The Hall–Kier alpha value is -2.13. The van der Waals surface area contributed by atoms with Gasteiger partial charge in [-0.05, 0) is 26.0 Å². The number of hydrogen-bond acceptors (Lipinski definition) is 5. The van der Waals surface area contributed by atoms with Crippen LogP contribution in [0.2, 0.25) is 0 Å². The molecule has 96 valence electrons. The second-order valence-corrected chi connectivity index (χ2v) is 3.64. The summed E-state index contributed by atoms with van der Waals surface area (Å²) in [7, 11) is 0. The SMILES string of the molecule is CCOCC(C)Oc1ccc(C#N)c([N+](=O)[O-])c1. The van der Waals surface area contributed by atoms with Gasteiger partial charge in [-0.15, -0.1) is 0 Å². The molecule has 0 spiro atoms. The lowest BCUT2D eigenvalue weighted by Crippen LogP contribution is -2.19. The Kier molecular flexibility index (Phi) is 5.08. The average molecular weight is 250 g/mol. The van der Waals surface area contributed by atoms with Crippen molar-refractivity contribution in [2.24, 2.45) is 0 Å². The van der Waals surface area contributed by atoms with Crippen LogP contribution in [0.15, 0.2) is 18.2 Å². The van der Waals surface area contributed by atoms with E-state index in [0.29, 0.717) is 19.0 Å². The molecule has 0 saturated heterocycles. The van der Waals surface area contributed by atoms with Crippen molar-refractivity contribution in [3.63, 3.8) is 0 Å². The van der Waals surface area contributed by atoms with Crippen LogP contribution in [0.3, 0.4) is 0 Å². The van der Waals surface area contributed by atoms with E-state index in [-0.39, 0.29) is 17.4 Å². The normalized spacial score (nSPS) is 11.6. The second kappa shape index (κ2) is 6.57. The predicted octanol–water partition coefficient (Wildman–Crippen LogP) is 2.27. The molecule has 0 aliphatic carbocycles. The molecule has 1 aromatic rings. The third kappa shape index (κ3) is 3.71. The quantitative estimate of drug-likeness (QED) is 0.571. The molecule has 1 rings (SSSR count). The summed E-state index contributed by atoms with van der Waals surface area (Å²) in [6, 6.07) is 5.93. The lowest BCUT2D eigenvalue weighted by molar-refractivity contribution is -0.385. The van der Waals surface area contributed by atoms with Crippen molar-refractivity contribution >= 4 is 5.69 Å². The van der Waals surface area contributed by atoms with Crippen molar-refractivity contribution < 1.29 is 14.4 Å². The number of ether oxygens (including phenoxy) is 2. The van der Waals surface area contributed by atoms with Gasteiger partial charge in [0.15, 0.2) is 0 Å². The topological polar surface area (TPSA) is 85.4 Å². The number of nitrogens with zero attached hydrogens (tertiary/aromatic N) is 2. The van der Waals surface area contributed by atoms with Crippen molar-refractivity contribution in [1.82, 2.24) is 0 Å². The molecule has 1 atom stereocenters. The molecule has 0 amide bonds. The van der Waals surface area contributed by atoms with Crippen LogP contribution in [-0.2, 0) is 4.74 Å². The van der Waals surface area contributed by atoms with Gasteiger partial charge in [0.2, 0.25) is 0 Å². The van der Waals surface area contributed by atoms with E-state index in [1.54, 1.807) is 13.0 Å². The number of nitro groups is 1. The van der Waals surface area contributed by atoms with E-state index in [4.69, 9.17) is 14.7 Å². The molecule has 0 fully saturated rings. The summed E-state index contributed by atoms with van der Waals surface area (Å²) in [5.41, 5.74) is -0.233. The van der Waals surface area contributed by atoms with E-state index >= 15 is 0 Å². The van der Waals surface area contributed by atoms with Gasteiger partial charge in [0, 0.05) is 6.61 Å². The molecular formula is C12H14N2O4. The van der Waals surface area contributed by atoms with Crippen LogP contribution in [0.4, 0.5) is 5.69 Å². The molecule has 1 unspecified atom stereocenters. The number of hydrogen-bond donors (Lipinski definition) is 0. The van der Waals surface area contributed by atoms with E-state index in [1.807, 2.05) is 6.92 Å². The molecule has 0 saturated carbocycles. The van der Waals surface area contributed by atoms with E-state index < -0.39 is 4.92 Å². The fraction of sp³-hybridized carbons (Fsp3) is 0.417. The highest BCUT2D eigenvalue weighted by Gasteiger charge is 2.15. The lowest BCUT2D eigenvalue weighted by Gasteiger charge is -2.14. The Bertz CT molecular complexity index is 468. The molecule has 0 aliphatic heterocycles. The first-order valence-corrected chi connectivity index (χ1v) is 5.51. The van der Waals surface area contributed by atoms with Crippen LogP contribution in [0, 0.1) is 21.4 Å². The van der Waals surface area contributed by atoms with Gasteiger partial charge in [0.25, 0.3) is 5.69 Å². The predicted molar refractivity (Wildman–Crippen MR) is 64.4 cm³/mol. The Morgan fingerprint density at radius 3 is 2.83 bits per heavy atom. The monoisotopic (exact) mass is 250 g/mol. The standard InChI is InChI=1S/C12H14N2O4/c1-3-17-8-9(2)18-11-5-4-10(7-13)12(6-11)14(15)16/h4-6,9H,3,8H2,1-2H3. The Labute approximate surface area is 105 Å². The van der Waals surface area contributed by atoms with Gasteiger partial charge in [0.1, 0.15) is 23.5 Å². The van der Waals surface area contributed by atoms with Crippen molar-refractivity contribution in [2.75, 3.05) is 13.2 Å². The van der Waals surface area contributed by atoms with Gasteiger partial charge >= 0.3 is 0 Å². The average Bonchev–Trinajstić information content (AvgIpc) is 2.36. The number of nitriles is 1. The van der Waals surface area contributed by atoms with E-state index in [1.165, 1.54) is 18.2 Å². The summed E-state index contributed by atoms with van der Waals surface area (Å²) in [6.07, 6.45) is -0.211. The van der Waals surface area contributed by atoms with E-state index in [2.05, 4.69) is 0 Å². The maximum absolute atomic E-state index is 10.8. The zero-order valence-corrected chi connectivity index (χ0v) is 10.3. The third-order valence-corrected chi connectivity index (χ3v) is 2.18. The van der Waals surface area contributed by atoms with Crippen LogP contribution in [0.1, 0.15) is 19.4 Å². The van der Waals surface area contributed by atoms with Gasteiger partial charge < -0.3 is 9.47 Å². The molecule has 0 aliphatic rings. The third-order valence-electron chi connectivity index (χ3n) is 2.18. The van der Waals surface area contributed by atoms with Crippen LogP contribution in [0.25, 0.3) is 0 Å². The van der Waals surface area contributed by atoms with Gasteiger partial charge in [-0.2, -0.15) is 5.26 Å². The second-order valence-electron chi connectivity index (χ2n) is 3.64. The number of rotatable bonds is 6. The first kappa shape index (κ1) is 13.9. The number of benzene rings is 1. The molecule has 0 bridgehead atoms. The highest BCUT2D eigenvalue weighted by molar-refractivity contribution is 5.52. The maximum atomic E-state index is 10.8. The van der Waals surface area contributed by atoms with E-state index in [0.717, 1.165) is 0 Å². The van der Waals surface area contributed by atoms with Crippen molar-refractivity contribution in [1.29, 1.82) is 5.26 Å². The Morgan fingerprint density at radius 1 is 1.56 bits per heavy atom. The van der Waals surface area contributed by atoms with Gasteiger partial charge in [-0.25, -0.2) is 0 Å². The smallest absolute Gasteiger partial charge is 0.290 e. The molecule has 0 heterocycles. The van der Waals surface area contributed by atoms with Crippen molar-refractivity contribution in [3.05, 3.63) is 33.9 Å². The summed E-state index contributed by atoms with van der Waals surface area (Å²) in [6.45, 7) is 4.67. The summed E-state index contributed by atoms with van der Waals surface area (Å²) >= 11 is 0. The largest absolute Gasteiger partial charge is 0.488 e. The molecule has 18 heavy (non-hydrogen) atoms. The lowest BCUT2D eigenvalue weighted by atomic mass is 10.2. The van der Waals surface area contributed by atoms with Crippen molar-refractivity contribution in [2.45, 2.75) is 20.0 Å². The van der Waals surface area contributed by atoms with Gasteiger partial charge in [-0.1, -0.05) is 0 Å². The van der Waals surface area contributed by atoms with E-state index in [9.17, 15) is 10.1 Å². The molecular weight excluding hydrogens is 236 g/mol. The molecule has 0 N–H and O–H groups in total. The molecule has 1 aromatic carbocycles. The summed E-state index contributed by atoms with van der Waals surface area (Å²) in [5, 5.41) is 19.5. The summed E-state index contributed by atoms with van der Waals surface area (Å²) in [5.74, 6) is 0.355. The highest BCUT2D eigenvalue weighted by atomic mass is 16.6. The maximum Gasteiger partial charge on any atom is 0.290 e. The zero-order chi connectivity index (χ0) is 13.5. The van der Waals surface area contributed by atoms with Crippen LogP contribution >= 0.6 is 0 Å². The number of nitro benzene ring substituents is 1. The Morgan fingerprint density at radius 2 is 2.28 bits per heavy atom. The molecule has 6 heteroatoms. The fourth-order valence-electron chi connectivity index (χ4n) is 1.38. The summed E-state index contributed by atoms with van der Waals surface area (Å²) in [4.78, 5) is 10.2. The summed E-state index contributed by atoms with van der Waals surface area (Å²) < 4.78 is 10.6. The molecule has 0 aromatic heterocycles. The minimum absolute atomic E-state index is 0.0183. The Balaban J connectivity index is 2.82. The zero-order valence-electron chi connectivity index (χ0n) is 10.3. The van der Waals surface area contributed by atoms with Crippen LogP contribution in [-0.4, -0.2) is 24.2 Å². The van der Waals surface area contributed by atoms with Crippen LogP contribution < -0.4 is 4.74 Å². The van der Waals surface area contributed by atoms with Crippen LogP contribution in [0.5, 0.6) is 5.75 Å². The van der Waals surface area contributed by atoms with Gasteiger partial charge in [0.05, 0.1) is 17.6 Å².